The van der Waals surface area contributed by atoms with Gasteiger partial charge in [0.1, 0.15) is 36.6 Å². The van der Waals surface area contributed by atoms with Gasteiger partial charge in [-0.05, 0) is 38.5 Å². The van der Waals surface area contributed by atoms with E-state index in [-0.39, 0.29) is 12.8 Å². The van der Waals surface area contributed by atoms with Crippen molar-refractivity contribution in [2.24, 2.45) is 0 Å². The topological polar surface area (TPSA) is 189 Å². The molecule has 1 fully saturated rings. The molecular formula is C53H103NO10. The predicted octanol–water partition coefficient (Wildman–Crippen LogP) is 10.4. The highest BCUT2D eigenvalue weighted by molar-refractivity contribution is 5.80. The minimum atomic E-state index is -1.66. The summed E-state index contributed by atoms with van der Waals surface area (Å²) in [6.07, 6.45) is 37.3. The van der Waals surface area contributed by atoms with Crippen LogP contribution in [0.1, 0.15) is 251 Å². The van der Waals surface area contributed by atoms with E-state index >= 15 is 0 Å². The highest BCUT2D eigenvalue weighted by Gasteiger charge is 2.44. The molecule has 9 atom stereocenters. The number of aliphatic hydroxyl groups excluding tert-OH is 7. The van der Waals surface area contributed by atoms with Crippen LogP contribution in [0.3, 0.4) is 0 Å². The van der Waals surface area contributed by atoms with Crippen LogP contribution in [0.4, 0.5) is 0 Å². The van der Waals surface area contributed by atoms with Gasteiger partial charge < -0.3 is 50.5 Å². The van der Waals surface area contributed by atoms with E-state index in [1.54, 1.807) is 0 Å². The van der Waals surface area contributed by atoms with Crippen LogP contribution in [0.25, 0.3) is 0 Å². The summed E-state index contributed by atoms with van der Waals surface area (Å²) in [6, 6.07) is -1.18. The lowest BCUT2D eigenvalue weighted by atomic mass is 9.98. The van der Waals surface area contributed by atoms with Gasteiger partial charge in [0.2, 0.25) is 5.91 Å². The fraction of sp³-hybridized carbons (Fsp3) is 0.943. The average Bonchev–Trinajstić information content (AvgIpc) is 3.29. The van der Waals surface area contributed by atoms with Gasteiger partial charge in [0.05, 0.1) is 25.4 Å². The molecule has 1 rings (SSSR count). The molecular weight excluding hydrogens is 811 g/mol. The first-order valence-corrected chi connectivity index (χ1v) is 27.1. The van der Waals surface area contributed by atoms with Crippen molar-refractivity contribution in [2.45, 2.75) is 306 Å². The van der Waals surface area contributed by atoms with E-state index in [1.165, 1.54) is 173 Å². The number of hydrogen-bond donors (Lipinski definition) is 8. The predicted molar refractivity (Wildman–Crippen MR) is 261 cm³/mol. The largest absolute Gasteiger partial charge is 0.394 e. The van der Waals surface area contributed by atoms with Gasteiger partial charge in [-0.25, -0.2) is 0 Å². The number of aliphatic hydroxyl groups is 7. The Hall–Kier alpha value is -1.15. The third-order valence-electron chi connectivity index (χ3n) is 13.3. The zero-order valence-electron chi connectivity index (χ0n) is 41.3. The Balaban J connectivity index is 2.23. The Labute approximate surface area is 392 Å². The number of hydrogen-bond acceptors (Lipinski definition) is 10. The molecule has 0 aliphatic carbocycles. The number of nitrogens with one attached hydrogen (secondary N) is 1. The molecule has 11 heteroatoms. The van der Waals surface area contributed by atoms with E-state index in [9.17, 15) is 40.5 Å². The van der Waals surface area contributed by atoms with Crippen LogP contribution in [0.15, 0.2) is 12.2 Å². The lowest BCUT2D eigenvalue weighted by Gasteiger charge is -2.40. The summed E-state index contributed by atoms with van der Waals surface area (Å²) in [4.78, 5) is 13.1. The van der Waals surface area contributed by atoms with Gasteiger partial charge in [-0.15, -0.1) is 0 Å². The third kappa shape index (κ3) is 31.8. The maximum Gasteiger partial charge on any atom is 0.249 e. The second-order valence-corrected chi connectivity index (χ2v) is 19.3. The van der Waals surface area contributed by atoms with Crippen molar-refractivity contribution >= 4 is 5.91 Å². The molecule has 0 spiro atoms. The molecule has 11 nitrogen and oxygen atoms in total. The Morgan fingerprint density at radius 1 is 0.531 bits per heavy atom. The molecule has 1 aliphatic heterocycles. The number of amides is 1. The van der Waals surface area contributed by atoms with E-state index < -0.39 is 74.2 Å². The third-order valence-corrected chi connectivity index (χ3v) is 13.3. The number of ether oxygens (including phenoxy) is 2. The summed E-state index contributed by atoms with van der Waals surface area (Å²) in [6.45, 7) is 3.42. The summed E-state index contributed by atoms with van der Waals surface area (Å²) < 4.78 is 11.1. The van der Waals surface area contributed by atoms with Crippen LogP contribution in [0.5, 0.6) is 0 Å². The normalized spacial score (nSPS) is 21.0. The van der Waals surface area contributed by atoms with Crippen LogP contribution in [0.2, 0.25) is 0 Å². The molecule has 380 valence electrons. The van der Waals surface area contributed by atoms with E-state index in [1.807, 2.05) is 0 Å². The smallest absolute Gasteiger partial charge is 0.249 e. The molecule has 8 N–H and O–H groups in total. The van der Waals surface area contributed by atoms with Gasteiger partial charge in [-0.3, -0.25) is 4.79 Å². The van der Waals surface area contributed by atoms with Crippen molar-refractivity contribution in [2.75, 3.05) is 13.2 Å². The maximum atomic E-state index is 13.1. The number of carbonyl (C=O) groups is 1. The van der Waals surface area contributed by atoms with Gasteiger partial charge in [0, 0.05) is 0 Å². The molecule has 1 saturated heterocycles. The summed E-state index contributed by atoms with van der Waals surface area (Å²) in [5.74, 6) is -0.703. The average molecular weight is 914 g/mol. The van der Waals surface area contributed by atoms with Crippen molar-refractivity contribution < 1.29 is 50.0 Å². The Morgan fingerprint density at radius 2 is 0.922 bits per heavy atom. The second kappa shape index (κ2) is 43.2. The van der Waals surface area contributed by atoms with Gasteiger partial charge in [-0.1, -0.05) is 225 Å². The molecule has 0 aromatic heterocycles. The Morgan fingerprint density at radius 3 is 1.34 bits per heavy atom. The number of rotatable bonds is 46. The summed E-state index contributed by atoms with van der Waals surface area (Å²) in [7, 11) is 0. The van der Waals surface area contributed by atoms with Crippen LogP contribution in [-0.2, 0) is 14.3 Å². The van der Waals surface area contributed by atoms with Gasteiger partial charge in [0.25, 0.3) is 0 Å². The first-order valence-electron chi connectivity index (χ1n) is 27.1. The minimum Gasteiger partial charge on any atom is -0.394 e. The van der Waals surface area contributed by atoms with E-state index in [0.29, 0.717) is 12.8 Å². The van der Waals surface area contributed by atoms with E-state index in [4.69, 9.17) is 9.47 Å². The summed E-state index contributed by atoms with van der Waals surface area (Å²) in [5, 5.41) is 75.7. The highest BCUT2D eigenvalue weighted by atomic mass is 16.7. The summed E-state index contributed by atoms with van der Waals surface area (Å²) >= 11 is 0. The van der Waals surface area contributed by atoms with Crippen LogP contribution >= 0.6 is 0 Å². The maximum absolute atomic E-state index is 13.1. The quantitative estimate of drug-likeness (QED) is 0.0216. The van der Waals surface area contributed by atoms with Crippen LogP contribution < -0.4 is 5.32 Å². The fourth-order valence-corrected chi connectivity index (χ4v) is 8.85. The van der Waals surface area contributed by atoms with Gasteiger partial charge in [0.15, 0.2) is 6.29 Å². The second-order valence-electron chi connectivity index (χ2n) is 19.3. The number of allylic oxidation sites excluding steroid dienone is 2. The van der Waals surface area contributed by atoms with Crippen LogP contribution in [0, 0.1) is 0 Å². The molecule has 0 aromatic carbocycles. The number of unbranched alkanes of at least 4 members (excludes halogenated alkanes) is 32. The molecule has 1 heterocycles. The van der Waals surface area contributed by atoms with E-state index in [0.717, 1.165) is 38.5 Å². The molecule has 0 aromatic rings. The van der Waals surface area contributed by atoms with Crippen molar-refractivity contribution in [3.8, 4) is 0 Å². The van der Waals surface area contributed by atoms with Gasteiger partial charge >= 0.3 is 0 Å². The van der Waals surface area contributed by atoms with E-state index in [2.05, 4.69) is 31.3 Å². The zero-order chi connectivity index (χ0) is 46.9. The minimum absolute atomic E-state index is 0.259. The molecule has 0 saturated carbocycles. The molecule has 1 amide bonds. The first-order chi connectivity index (χ1) is 31.2. The lowest BCUT2D eigenvalue weighted by molar-refractivity contribution is -0.303. The van der Waals surface area contributed by atoms with Crippen molar-refractivity contribution in [1.82, 2.24) is 5.32 Å². The molecule has 9 unspecified atom stereocenters. The molecule has 0 bridgehead atoms. The molecule has 64 heavy (non-hydrogen) atoms. The lowest BCUT2D eigenvalue weighted by Crippen LogP contribution is -2.60. The van der Waals surface area contributed by atoms with Crippen molar-refractivity contribution in [3.63, 3.8) is 0 Å². The standard InChI is InChI=1S/C53H103NO10/c1-3-5-7-9-11-13-15-16-17-18-19-20-21-22-23-24-25-26-27-28-29-30-31-33-35-37-39-41-46(57)52(62)54-44(43-63-53-51(61)50(60)49(59)47(42-55)64-53)48(58)45(56)40-38-36-34-32-14-12-10-8-6-4-2/h32,34,44-51,53,55-61H,3-31,33,35-43H2,1-2H3,(H,54,62)/b34-32+. The number of carbonyl (C=O) groups excluding carboxylic acids is 1. The molecule has 1 aliphatic rings. The van der Waals surface area contributed by atoms with Crippen molar-refractivity contribution in [1.29, 1.82) is 0 Å². The molecule has 0 radical (unpaired) electrons. The Kier molecular flexibility index (Phi) is 41.0. The van der Waals surface area contributed by atoms with Crippen LogP contribution in [-0.4, -0.2) is 110 Å². The zero-order valence-corrected chi connectivity index (χ0v) is 41.3. The fourth-order valence-electron chi connectivity index (χ4n) is 8.85. The summed E-state index contributed by atoms with van der Waals surface area (Å²) in [5.41, 5.74) is 0. The van der Waals surface area contributed by atoms with Crippen molar-refractivity contribution in [3.05, 3.63) is 12.2 Å². The monoisotopic (exact) mass is 914 g/mol. The highest BCUT2D eigenvalue weighted by Crippen LogP contribution is 2.23. The van der Waals surface area contributed by atoms with Gasteiger partial charge in [-0.2, -0.15) is 0 Å². The SMILES string of the molecule is CCCCCCC/C=C/CCCC(O)C(O)C(COC1OC(CO)C(O)C(O)C1O)NC(=O)C(O)CCCCCCCCCCCCCCCCCCCCCCCCCCCCC. The Bertz CT molecular complexity index is 1050. The first kappa shape index (κ1) is 60.9.